The number of hydrogen-bond donors (Lipinski definition) is 2. The normalized spacial score (nSPS) is 24.0. The Labute approximate surface area is 165 Å². The average molecular weight is 400 g/mol. The summed E-state index contributed by atoms with van der Waals surface area (Å²) >= 11 is 0. The maximum atomic E-state index is 12.9. The van der Waals surface area contributed by atoms with Crippen LogP contribution in [0.3, 0.4) is 0 Å². The summed E-state index contributed by atoms with van der Waals surface area (Å²) in [7, 11) is 0. The summed E-state index contributed by atoms with van der Waals surface area (Å²) in [5, 5.41) is 2.15. The fraction of sp³-hybridized carbons (Fsp3) is 0.421. The van der Waals surface area contributed by atoms with Crippen LogP contribution in [0.2, 0.25) is 0 Å². The molecule has 2 fully saturated rings. The third kappa shape index (κ3) is 3.35. The molecule has 0 radical (unpaired) electrons. The van der Waals surface area contributed by atoms with Gasteiger partial charge in [-0.25, -0.2) is 0 Å². The number of nitrogens with two attached hydrogens (primary N) is 1. The van der Waals surface area contributed by atoms with Gasteiger partial charge in [0.2, 0.25) is 11.8 Å². The van der Waals surface area contributed by atoms with Gasteiger partial charge in [0.15, 0.2) is 6.61 Å². The number of rotatable bonds is 4. The van der Waals surface area contributed by atoms with Crippen molar-refractivity contribution in [1.29, 1.82) is 0 Å². The van der Waals surface area contributed by atoms with Crippen molar-refractivity contribution < 1.29 is 28.7 Å². The van der Waals surface area contributed by atoms with E-state index in [1.54, 1.807) is 11.0 Å². The van der Waals surface area contributed by atoms with E-state index < -0.39 is 29.7 Å². The van der Waals surface area contributed by atoms with Crippen molar-refractivity contribution in [1.82, 2.24) is 15.1 Å². The van der Waals surface area contributed by atoms with Gasteiger partial charge in [0.25, 0.3) is 17.7 Å². The second kappa shape index (κ2) is 7.28. The molecule has 3 aliphatic heterocycles. The molecule has 1 aromatic rings. The Morgan fingerprint density at radius 1 is 1.17 bits per heavy atom. The molecule has 1 aromatic carbocycles. The van der Waals surface area contributed by atoms with Crippen LogP contribution < -0.4 is 15.8 Å². The first-order chi connectivity index (χ1) is 13.9. The number of ether oxygens (including phenoxy) is 1. The van der Waals surface area contributed by atoms with Gasteiger partial charge in [-0.2, -0.15) is 0 Å². The molecule has 0 saturated carbocycles. The van der Waals surface area contributed by atoms with Gasteiger partial charge in [0.05, 0.1) is 11.1 Å². The van der Waals surface area contributed by atoms with E-state index in [4.69, 9.17) is 10.5 Å². The molecule has 0 aromatic heterocycles. The molecule has 3 N–H and O–H groups in total. The van der Waals surface area contributed by atoms with E-state index in [0.717, 1.165) is 11.3 Å². The lowest BCUT2D eigenvalue weighted by atomic mass is 10.0. The number of fused-ring (bicyclic) bond motifs is 1. The van der Waals surface area contributed by atoms with E-state index in [-0.39, 0.29) is 48.3 Å². The Hall–Kier alpha value is -3.27. The molecule has 4 rings (SSSR count). The van der Waals surface area contributed by atoms with Crippen molar-refractivity contribution in [2.45, 2.75) is 31.3 Å². The summed E-state index contributed by atoms with van der Waals surface area (Å²) in [4.78, 5) is 64.0. The molecule has 2 saturated heterocycles. The highest BCUT2D eigenvalue weighted by Gasteiger charge is 2.46. The Balaban J connectivity index is 1.52. The van der Waals surface area contributed by atoms with Crippen LogP contribution >= 0.6 is 0 Å². The summed E-state index contributed by atoms with van der Waals surface area (Å²) in [6, 6.07) is 3.40. The van der Waals surface area contributed by atoms with Crippen molar-refractivity contribution in [2.75, 3.05) is 19.7 Å². The molecular weight excluding hydrogens is 380 g/mol. The lowest BCUT2D eigenvalue weighted by Gasteiger charge is -2.27. The molecular formula is C19H20N4O6. The van der Waals surface area contributed by atoms with Crippen LogP contribution in [0, 0.1) is 0 Å². The van der Waals surface area contributed by atoms with Gasteiger partial charge in [-0.1, -0.05) is 6.07 Å². The van der Waals surface area contributed by atoms with Gasteiger partial charge in [-0.3, -0.25) is 34.2 Å². The molecule has 0 spiro atoms. The lowest BCUT2D eigenvalue weighted by molar-refractivity contribution is -0.136. The number of nitrogens with zero attached hydrogens (tertiary/aromatic N) is 2. The molecule has 10 nitrogen and oxygen atoms in total. The van der Waals surface area contributed by atoms with Gasteiger partial charge in [-0.15, -0.1) is 0 Å². The molecule has 5 amide bonds. The second-order valence-corrected chi connectivity index (χ2v) is 7.30. The van der Waals surface area contributed by atoms with E-state index in [9.17, 15) is 24.0 Å². The molecule has 2 atom stereocenters. The zero-order valence-electron chi connectivity index (χ0n) is 15.6. The predicted molar refractivity (Wildman–Crippen MR) is 97.8 cm³/mol. The maximum Gasteiger partial charge on any atom is 0.266 e. The first-order valence-corrected chi connectivity index (χ1v) is 9.37. The quantitative estimate of drug-likeness (QED) is 0.620. The van der Waals surface area contributed by atoms with Gasteiger partial charge in [0.1, 0.15) is 11.8 Å². The molecule has 29 heavy (non-hydrogen) atoms. The minimum atomic E-state index is -1.05. The standard InChI is InChI=1S/C19H20N4O6/c20-10-6-7-22(8-10)15(25)9-29-13-3-1-2-11-16(13)19(28)23(18(11)27)12-4-5-14(24)21-17(12)26/h1-3,10,12H,4-9,20H2,(H,21,24,26)/t10-,12?/m1/s1. The van der Waals surface area contributed by atoms with Crippen molar-refractivity contribution in [3.63, 3.8) is 0 Å². The van der Waals surface area contributed by atoms with E-state index >= 15 is 0 Å². The minimum Gasteiger partial charge on any atom is -0.483 e. The minimum absolute atomic E-state index is 0.0214. The van der Waals surface area contributed by atoms with E-state index in [1.165, 1.54) is 12.1 Å². The number of nitrogens with one attached hydrogen (secondary N) is 1. The highest BCUT2D eigenvalue weighted by Crippen LogP contribution is 2.33. The first-order valence-electron chi connectivity index (χ1n) is 9.37. The van der Waals surface area contributed by atoms with Gasteiger partial charge in [0, 0.05) is 25.6 Å². The Kier molecular flexibility index (Phi) is 4.79. The van der Waals surface area contributed by atoms with Crippen molar-refractivity contribution in [3.05, 3.63) is 29.3 Å². The summed E-state index contributed by atoms with van der Waals surface area (Å²) in [5.74, 6) is -2.57. The number of carbonyl (C=O) groups is 5. The number of benzene rings is 1. The zero-order chi connectivity index (χ0) is 20.7. The van der Waals surface area contributed by atoms with Crippen molar-refractivity contribution in [3.8, 4) is 5.75 Å². The fourth-order valence-corrected chi connectivity index (χ4v) is 3.85. The molecule has 0 bridgehead atoms. The van der Waals surface area contributed by atoms with E-state index in [0.29, 0.717) is 13.1 Å². The molecule has 152 valence electrons. The van der Waals surface area contributed by atoms with E-state index in [1.807, 2.05) is 0 Å². The Bertz CT molecular complexity index is 929. The number of piperidine rings is 1. The Morgan fingerprint density at radius 3 is 2.66 bits per heavy atom. The van der Waals surface area contributed by atoms with Crippen LogP contribution in [0.1, 0.15) is 40.0 Å². The topological polar surface area (TPSA) is 139 Å². The van der Waals surface area contributed by atoms with Gasteiger partial charge >= 0.3 is 0 Å². The van der Waals surface area contributed by atoms with Crippen molar-refractivity contribution >= 4 is 29.5 Å². The summed E-state index contributed by atoms with van der Waals surface area (Å²) in [5.41, 5.74) is 5.93. The van der Waals surface area contributed by atoms with Gasteiger partial charge < -0.3 is 15.4 Å². The highest BCUT2D eigenvalue weighted by molar-refractivity contribution is 6.24. The molecule has 1 unspecified atom stereocenters. The predicted octanol–water partition coefficient (Wildman–Crippen LogP) is -0.974. The fourth-order valence-electron chi connectivity index (χ4n) is 3.85. The maximum absolute atomic E-state index is 12.9. The van der Waals surface area contributed by atoms with Crippen LogP contribution in [0.15, 0.2) is 18.2 Å². The monoisotopic (exact) mass is 400 g/mol. The number of imide groups is 2. The van der Waals surface area contributed by atoms with Crippen molar-refractivity contribution in [2.24, 2.45) is 5.73 Å². The van der Waals surface area contributed by atoms with E-state index in [2.05, 4.69) is 5.32 Å². The molecule has 10 heteroatoms. The molecule has 3 aliphatic rings. The number of likely N-dealkylation sites (tertiary alicyclic amines) is 1. The van der Waals surface area contributed by atoms with Crippen LogP contribution in [0.25, 0.3) is 0 Å². The molecule has 3 heterocycles. The number of carbonyl (C=O) groups excluding carboxylic acids is 5. The second-order valence-electron chi connectivity index (χ2n) is 7.30. The van der Waals surface area contributed by atoms with Crippen LogP contribution in [-0.2, 0) is 14.4 Å². The summed E-state index contributed by atoms with van der Waals surface area (Å²) < 4.78 is 5.57. The molecule has 0 aliphatic carbocycles. The third-order valence-electron chi connectivity index (χ3n) is 5.36. The SMILES string of the molecule is N[C@@H]1CCN(C(=O)COc2cccc3c2C(=O)N(C2CCC(=O)NC2=O)C3=O)C1. The van der Waals surface area contributed by atoms with Crippen LogP contribution in [-0.4, -0.2) is 71.1 Å². The smallest absolute Gasteiger partial charge is 0.266 e. The highest BCUT2D eigenvalue weighted by atomic mass is 16.5. The third-order valence-corrected chi connectivity index (χ3v) is 5.36. The lowest BCUT2D eigenvalue weighted by Crippen LogP contribution is -2.54. The number of amides is 5. The largest absolute Gasteiger partial charge is 0.483 e. The average Bonchev–Trinajstić information content (AvgIpc) is 3.23. The summed E-state index contributed by atoms with van der Waals surface area (Å²) in [6.07, 6.45) is 0.833. The van der Waals surface area contributed by atoms with Crippen LogP contribution in [0.5, 0.6) is 5.75 Å². The Morgan fingerprint density at radius 2 is 1.97 bits per heavy atom. The van der Waals surface area contributed by atoms with Crippen LogP contribution in [0.4, 0.5) is 0 Å². The van der Waals surface area contributed by atoms with Gasteiger partial charge in [-0.05, 0) is 25.0 Å². The zero-order valence-corrected chi connectivity index (χ0v) is 15.6. The first kappa shape index (κ1) is 19.1. The summed E-state index contributed by atoms with van der Waals surface area (Å²) in [6.45, 7) is 0.718. The number of hydrogen-bond acceptors (Lipinski definition) is 7.